The number of nitrogens with one attached hydrogen (secondary N) is 1. The average Bonchev–Trinajstić information content (AvgIpc) is 2.76. The lowest BCUT2D eigenvalue weighted by Gasteiger charge is -2.01. The van der Waals surface area contributed by atoms with Crippen molar-refractivity contribution in [3.8, 4) is 0 Å². The molecular weight excluding hydrogens is 270 g/mol. The van der Waals surface area contributed by atoms with Gasteiger partial charge in [0.2, 0.25) is 5.91 Å². The van der Waals surface area contributed by atoms with Crippen molar-refractivity contribution in [3.05, 3.63) is 29.3 Å². The molecule has 0 unspecified atom stereocenters. The molecule has 0 fully saturated rings. The van der Waals surface area contributed by atoms with E-state index in [-0.39, 0.29) is 18.3 Å². The number of hydrogen-bond acceptors (Lipinski definition) is 4. The maximum atomic E-state index is 11.4. The molecule has 3 N–H and O–H groups in total. The first-order valence-corrected chi connectivity index (χ1v) is 6.42. The lowest BCUT2D eigenvalue weighted by molar-refractivity contribution is -0.121. The quantitative estimate of drug-likeness (QED) is 0.884. The Labute approximate surface area is 116 Å². The fraction of sp³-hybridized carbons (Fsp3) is 0.333. The predicted octanol–water partition coefficient (Wildman–Crippen LogP) is 2.07. The summed E-state index contributed by atoms with van der Waals surface area (Å²) in [5.74, 6) is 0.0368. The van der Waals surface area contributed by atoms with Gasteiger partial charge in [-0.05, 0) is 25.1 Å². The zero-order valence-corrected chi connectivity index (χ0v) is 11.5. The Morgan fingerprint density at radius 2 is 2.17 bits per heavy atom. The lowest BCUT2D eigenvalue weighted by atomic mass is 10.3. The van der Waals surface area contributed by atoms with Crippen molar-refractivity contribution in [3.63, 3.8) is 0 Å². The van der Waals surface area contributed by atoms with Crippen LogP contribution in [-0.2, 0) is 11.3 Å². The molecule has 0 spiro atoms. The van der Waals surface area contributed by atoms with Gasteiger partial charge in [-0.25, -0.2) is 4.98 Å². The average molecular weight is 286 g/mol. The van der Waals surface area contributed by atoms with Gasteiger partial charge in [0.1, 0.15) is 5.01 Å². The molecule has 2 rings (SSSR count). The predicted molar refractivity (Wildman–Crippen MR) is 77.0 cm³/mol. The summed E-state index contributed by atoms with van der Waals surface area (Å²) in [5.41, 5.74) is 6.33. The van der Waals surface area contributed by atoms with Crippen LogP contribution in [0.3, 0.4) is 0 Å². The van der Waals surface area contributed by atoms with Crippen molar-refractivity contribution in [1.29, 1.82) is 0 Å². The van der Waals surface area contributed by atoms with Crippen LogP contribution in [0.1, 0.15) is 17.8 Å². The molecule has 6 heteroatoms. The maximum Gasteiger partial charge on any atom is 0.220 e. The van der Waals surface area contributed by atoms with Crippen molar-refractivity contribution in [2.45, 2.75) is 19.4 Å². The van der Waals surface area contributed by atoms with Crippen molar-refractivity contribution < 1.29 is 4.79 Å². The molecule has 0 aliphatic rings. The molecule has 4 nitrogen and oxygen atoms in total. The molecule has 1 heterocycles. The van der Waals surface area contributed by atoms with Crippen LogP contribution in [0.4, 0.5) is 0 Å². The van der Waals surface area contributed by atoms with E-state index >= 15 is 0 Å². The highest BCUT2D eigenvalue weighted by Crippen LogP contribution is 2.21. The molecule has 98 valence electrons. The number of nitrogens with two attached hydrogens (primary N) is 1. The fourth-order valence-electron chi connectivity index (χ4n) is 1.52. The third-order valence-corrected chi connectivity index (χ3v) is 3.42. The van der Waals surface area contributed by atoms with Crippen molar-refractivity contribution >= 4 is 39.9 Å². The first-order chi connectivity index (χ1) is 8.29. The van der Waals surface area contributed by atoms with Crippen LogP contribution >= 0.6 is 23.7 Å². The second-order valence-corrected chi connectivity index (χ2v) is 4.86. The van der Waals surface area contributed by atoms with Gasteiger partial charge in [-0.2, -0.15) is 0 Å². The zero-order chi connectivity index (χ0) is 12.1. The van der Waals surface area contributed by atoms with Gasteiger partial charge in [0.15, 0.2) is 0 Å². The summed E-state index contributed by atoms with van der Waals surface area (Å²) in [6, 6.07) is 7.97. The van der Waals surface area contributed by atoms with Gasteiger partial charge in [-0.1, -0.05) is 12.1 Å². The van der Waals surface area contributed by atoms with E-state index in [9.17, 15) is 4.79 Å². The minimum atomic E-state index is 0. The van der Waals surface area contributed by atoms with E-state index in [1.807, 2.05) is 24.3 Å². The Balaban J connectivity index is 0.00000162. The van der Waals surface area contributed by atoms with E-state index in [1.165, 1.54) is 0 Å². The molecule has 1 aromatic carbocycles. The van der Waals surface area contributed by atoms with E-state index in [0.29, 0.717) is 19.5 Å². The highest BCUT2D eigenvalue weighted by molar-refractivity contribution is 7.18. The Morgan fingerprint density at radius 3 is 2.89 bits per heavy atom. The third-order valence-electron chi connectivity index (χ3n) is 2.38. The largest absolute Gasteiger partial charge is 0.350 e. The van der Waals surface area contributed by atoms with Crippen LogP contribution in [0.15, 0.2) is 24.3 Å². The monoisotopic (exact) mass is 285 g/mol. The van der Waals surface area contributed by atoms with Gasteiger partial charge in [-0.3, -0.25) is 4.79 Å². The van der Waals surface area contributed by atoms with E-state index < -0.39 is 0 Å². The third kappa shape index (κ3) is 3.94. The Hall–Kier alpha value is -1.17. The van der Waals surface area contributed by atoms with Crippen LogP contribution in [0, 0.1) is 0 Å². The van der Waals surface area contributed by atoms with Gasteiger partial charge < -0.3 is 11.1 Å². The summed E-state index contributed by atoms with van der Waals surface area (Å²) in [6.45, 7) is 1.05. The normalized spacial score (nSPS) is 10.1. The molecule has 1 aromatic heterocycles. The molecule has 0 saturated heterocycles. The van der Waals surface area contributed by atoms with Crippen molar-refractivity contribution in [2.75, 3.05) is 6.54 Å². The number of fused-ring (bicyclic) bond motifs is 1. The number of amides is 1. The van der Waals surface area contributed by atoms with Crippen molar-refractivity contribution in [1.82, 2.24) is 10.3 Å². The van der Waals surface area contributed by atoms with Crippen LogP contribution in [0.25, 0.3) is 10.2 Å². The summed E-state index contributed by atoms with van der Waals surface area (Å²) in [4.78, 5) is 15.8. The van der Waals surface area contributed by atoms with Gasteiger partial charge >= 0.3 is 0 Å². The molecular formula is C12H16ClN3OS. The Morgan fingerprint density at radius 1 is 1.39 bits per heavy atom. The number of carbonyl (C=O) groups is 1. The number of nitrogens with zero attached hydrogens (tertiary/aromatic N) is 1. The number of hydrogen-bond donors (Lipinski definition) is 2. The molecule has 0 bridgehead atoms. The van der Waals surface area contributed by atoms with E-state index in [4.69, 9.17) is 5.73 Å². The molecule has 0 saturated carbocycles. The second-order valence-electron chi connectivity index (χ2n) is 3.74. The van der Waals surface area contributed by atoms with Gasteiger partial charge in [0.25, 0.3) is 0 Å². The molecule has 18 heavy (non-hydrogen) atoms. The summed E-state index contributed by atoms with van der Waals surface area (Å²) in [7, 11) is 0. The topological polar surface area (TPSA) is 68.0 Å². The number of halogens is 1. The lowest BCUT2D eigenvalue weighted by Crippen LogP contribution is -2.23. The van der Waals surface area contributed by atoms with Crippen LogP contribution in [0.5, 0.6) is 0 Å². The summed E-state index contributed by atoms with van der Waals surface area (Å²) < 4.78 is 1.15. The van der Waals surface area contributed by atoms with Crippen LogP contribution in [0.2, 0.25) is 0 Å². The highest BCUT2D eigenvalue weighted by atomic mass is 35.5. The van der Waals surface area contributed by atoms with E-state index in [1.54, 1.807) is 11.3 Å². The summed E-state index contributed by atoms with van der Waals surface area (Å²) in [5, 5.41) is 3.79. The number of rotatable bonds is 5. The molecule has 2 aromatic rings. The minimum Gasteiger partial charge on any atom is -0.350 e. The van der Waals surface area contributed by atoms with E-state index in [2.05, 4.69) is 10.3 Å². The first kappa shape index (κ1) is 14.9. The van der Waals surface area contributed by atoms with Crippen LogP contribution < -0.4 is 11.1 Å². The zero-order valence-electron chi connectivity index (χ0n) is 9.89. The molecule has 0 atom stereocenters. The Kier molecular flexibility index (Phi) is 6.04. The Bertz CT molecular complexity index is 482. The van der Waals surface area contributed by atoms with Gasteiger partial charge in [0, 0.05) is 6.42 Å². The second kappa shape index (κ2) is 7.31. The number of thiazole rings is 1. The smallest absolute Gasteiger partial charge is 0.220 e. The molecule has 0 radical (unpaired) electrons. The maximum absolute atomic E-state index is 11.4. The summed E-state index contributed by atoms with van der Waals surface area (Å²) >= 11 is 1.61. The number of benzene rings is 1. The first-order valence-electron chi connectivity index (χ1n) is 5.61. The van der Waals surface area contributed by atoms with Crippen LogP contribution in [-0.4, -0.2) is 17.4 Å². The van der Waals surface area contributed by atoms with E-state index in [0.717, 1.165) is 21.6 Å². The number of para-hydroxylation sites is 1. The SMILES string of the molecule is Cl.NCCCC(=O)NCc1nc2ccccc2s1. The molecule has 0 aliphatic heterocycles. The molecule has 0 aliphatic carbocycles. The summed E-state index contributed by atoms with van der Waals surface area (Å²) in [6.07, 6.45) is 1.22. The minimum absolute atomic E-state index is 0. The van der Waals surface area contributed by atoms with Crippen molar-refractivity contribution in [2.24, 2.45) is 5.73 Å². The molecule has 1 amide bonds. The number of aromatic nitrogens is 1. The number of carbonyl (C=O) groups excluding carboxylic acids is 1. The highest BCUT2D eigenvalue weighted by Gasteiger charge is 2.05. The fourth-order valence-corrected chi connectivity index (χ4v) is 2.43. The van der Waals surface area contributed by atoms with Gasteiger partial charge in [-0.15, -0.1) is 23.7 Å². The standard InChI is InChI=1S/C12H15N3OS.ClH/c13-7-3-6-11(16)14-8-12-15-9-4-1-2-5-10(9)17-12;/h1-2,4-5H,3,6-8,13H2,(H,14,16);1H. The van der Waals surface area contributed by atoms with Gasteiger partial charge in [0.05, 0.1) is 16.8 Å².